The highest BCUT2D eigenvalue weighted by Gasteiger charge is 2.70. The third kappa shape index (κ3) is 1.03. The molecule has 5 heteroatoms. The third-order valence-electron chi connectivity index (χ3n) is 2.04. The Morgan fingerprint density at radius 2 is 2.17 bits per heavy atom. The topological polar surface area (TPSA) is 26.0 Å². The quantitative estimate of drug-likeness (QED) is 0.819. The number of alkyl halides is 2. The molecular weight excluding hydrogens is 248 g/mol. The average molecular weight is 254 g/mol. The molecule has 1 unspecified atom stereocenters. The van der Waals surface area contributed by atoms with Crippen LogP contribution in [0.1, 0.15) is 11.3 Å². The molecule has 1 heterocycles. The summed E-state index contributed by atoms with van der Waals surface area (Å²) in [7, 11) is 0. The number of nitrogens with two attached hydrogens (primary N) is 1. The molecule has 1 aromatic heterocycles. The molecule has 0 saturated heterocycles. The molecule has 0 bridgehead atoms. The molecule has 2 rings (SSSR count). The first-order valence-corrected chi connectivity index (χ1v) is 5.04. The number of hydrogen-bond donors (Lipinski definition) is 1. The molecule has 0 aromatic carbocycles. The van der Waals surface area contributed by atoms with Crippen molar-refractivity contribution in [3.05, 3.63) is 20.8 Å². The SMILES string of the molecule is NC1(c2cc(Br)cs2)CC1(F)F. The second-order valence-electron chi connectivity index (χ2n) is 2.98. The summed E-state index contributed by atoms with van der Waals surface area (Å²) in [6.45, 7) is 0. The van der Waals surface area contributed by atoms with E-state index in [0.29, 0.717) is 4.88 Å². The van der Waals surface area contributed by atoms with Gasteiger partial charge in [0, 0.05) is 21.2 Å². The summed E-state index contributed by atoms with van der Waals surface area (Å²) < 4.78 is 26.3. The van der Waals surface area contributed by atoms with E-state index in [1.165, 1.54) is 11.3 Å². The fourth-order valence-electron chi connectivity index (χ4n) is 1.12. The Balaban J connectivity index is 2.34. The van der Waals surface area contributed by atoms with E-state index in [1.807, 2.05) is 0 Å². The van der Waals surface area contributed by atoms with Crippen LogP contribution in [0.4, 0.5) is 8.78 Å². The van der Waals surface area contributed by atoms with Crippen molar-refractivity contribution in [3.8, 4) is 0 Å². The van der Waals surface area contributed by atoms with E-state index in [0.717, 1.165) is 4.47 Å². The second-order valence-corrected chi connectivity index (χ2v) is 4.81. The molecule has 0 aliphatic heterocycles. The van der Waals surface area contributed by atoms with Crippen LogP contribution in [-0.4, -0.2) is 5.92 Å². The second kappa shape index (κ2) is 2.27. The van der Waals surface area contributed by atoms with Crippen molar-refractivity contribution >= 4 is 27.3 Å². The lowest BCUT2D eigenvalue weighted by Crippen LogP contribution is -2.25. The maximum Gasteiger partial charge on any atom is 0.273 e. The zero-order valence-corrected chi connectivity index (χ0v) is 8.38. The van der Waals surface area contributed by atoms with Crippen LogP contribution in [0.2, 0.25) is 0 Å². The van der Waals surface area contributed by atoms with E-state index in [4.69, 9.17) is 5.73 Å². The van der Waals surface area contributed by atoms with Gasteiger partial charge in [0.05, 0.1) is 0 Å². The van der Waals surface area contributed by atoms with Crippen LogP contribution in [-0.2, 0) is 5.54 Å². The van der Waals surface area contributed by atoms with Gasteiger partial charge in [-0.15, -0.1) is 11.3 Å². The smallest absolute Gasteiger partial charge is 0.273 e. The molecule has 1 atom stereocenters. The first-order chi connectivity index (χ1) is 5.46. The number of thiophene rings is 1. The summed E-state index contributed by atoms with van der Waals surface area (Å²) in [4.78, 5) is 0.555. The molecule has 0 amide bonds. The van der Waals surface area contributed by atoms with E-state index in [9.17, 15) is 8.78 Å². The highest BCUT2D eigenvalue weighted by molar-refractivity contribution is 9.10. The highest BCUT2D eigenvalue weighted by atomic mass is 79.9. The zero-order valence-electron chi connectivity index (χ0n) is 5.98. The van der Waals surface area contributed by atoms with Crippen LogP contribution in [0.3, 0.4) is 0 Å². The minimum absolute atomic E-state index is 0.229. The van der Waals surface area contributed by atoms with Crippen LogP contribution in [0, 0.1) is 0 Å². The Hall–Kier alpha value is -0.0000000000000000833. The van der Waals surface area contributed by atoms with Crippen LogP contribution >= 0.6 is 27.3 Å². The van der Waals surface area contributed by atoms with Crippen LogP contribution < -0.4 is 5.73 Å². The van der Waals surface area contributed by atoms with E-state index in [2.05, 4.69) is 15.9 Å². The Morgan fingerprint density at radius 3 is 2.50 bits per heavy atom. The highest BCUT2D eigenvalue weighted by Crippen LogP contribution is 2.58. The minimum Gasteiger partial charge on any atom is -0.316 e. The average Bonchev–Trinajstić information content (AvgIpc) is 2.37. The predicted molar refractivity (Wildman–Crippen MR) is 47.4 cm³/mol. The maximum atomic E-state index is 12.7. The van der Waals surface area contributed by atoms with Crippen molar-refractivity contribution in [1.82, 2.24) is 0 Å². The van der Waals surface area contributed by atoms with Crippen LogP contribution in [0.25, 0.3) is 0 Å². The zero-order chi connectivity index (χ0) is 8.98. The molecule has 1 aliphatic rings. The first kappa shape index (κ1) is 8.59. The Bertz CT molecular complexity index is 325. The normalized spacial score (nSPS) is 32.0. The van der Waals surface area contributed by atoms with Gasteiger partial charge in [-0.3, -0.25) is 0 Å². The lowest BCUT2D eigenvalue weighted by Gasteiger charge is -2.05. The molecule has 1 aliphatic carbocycles. The van der Waals surface area contributed by atoms with E-state index in [1.54, 1.807) is 11.4 Å². The minimum atomic E-state index is -2.71. The fraction of sp³-hybridized carbons (Fsp3) is 0.429. The third-order valence-corrected chi connectivity index (χ3v) is 3.90. The molecule has 66 valence electrons. The summed E-state index contributed by atoms with van der Waals surface area (Å²) in [5, 5.41) is 1.76. The standard InChI is InChI=1S/C7H6BrF2NS/c8-4-1-5(12-2-4)6(11)3-7(6,9)10/h1-2H,3,11H2. The molecule has 0 radical (unpaired) electrons. The molecule has 0 spiro atoms. The van der Waals surface area contributed by atoms with E-state index >= 15 is 0 Å². The van der Waals surface area contributed by atoms with Crippen molar-refractivity contribution in [2.75, 3.05) is 0 Å². The maximum absolute atomic E-state index is 12.7. The largest absolute Gasteiger partial charge is 0.316 e. The van der Waals surface area contributed by atoms with Crippen molar-refractivity contribution in [1.29, 1.82) is 0 Å². The molecular formula is C7H6BrF2NS. The van der Waals surface area contributed by atoms with Crippen molar-refractivity contribution in [3.63, 3.8) is 0 Å². The number of rotatable bonds is 1. The van der Waals surface area contributed by atoms with Crippen molar-refractivity contribution in [2.24, 2.45) is 5.73 Å². The Labute approximate surface area is 80.7 Å². The molecule has 1 saturated carbocycles. The van der Waals surface area contributed by atoms with Crippen molar-refractivity contribution in [2.45, 2.75) is 17.9 Å². The van der Waals surface area contributed by atoms with Gasteiger partial charge in [-0.2, -0.15) is 0 Å². The lowest BCUT2D eigenvalue weighted by molar-refractivity contribution is 0.0899. The van der Waals surface area contributed by atoms with Crippen LogP contribution in [0.15, 0.2) is 15.9 Å². The van der Waals surface area contributed by atoms with Gasteiger partial charge in [-0.25, -0.2) is 8.78 Å². The number of halogens is 3. The molecule has 1 nitrogen and oxygen atoms in total. The molecule has 12 heavy (non-hydrogen) atoms. The first-order valence-electron chi connectivity index (χ1n) is 3.37. The summed E-state index contributed by atoms with van der Waals surface area (Å²) in [6.07, 6.45) is -0.229. The fourth-order valence-corrected chi connectivity index (χ4v) is 2.72. The van der Waals surface area contributed by atoms with Gasteiger partial charge in [-0.1, -0.05) is 0 Å². The van der Waals surface area contributed by atoms with E-state index in [-0.39, 0.29) is 6.42 Å². The van der Waals surface area contributed by atoms with Gasteiger partial charge < -0.3 is 5.73 Å². The summed E-state index contributed by atoms with van der Waals surface area (Å²) in [6, 6.07) is 1.66. The molecule has 1 aromatic rings. The van der Waals surface area contributed by atoms with Crippen molar-refractivity contribution < 1.29 is 8.78 Å². The van der Waals surface area contributed by atoms with Gasteiger partial charge in [0.25, 0.3) is 5.92 Å². The van der Waals surface area contributed by atoms with Gasteiger partial charge in [-0.05, 0) is 22.0 Å². The summed E-state index contributed by atoms with van der Waals surface area (Å²) in [5.41, 5.74) is 4.11. The van der Waals surface area contributed by atoms with E-state index < -0.39 is 11.5 Å². The van der Waals surface area contributed by atoms with Gasteiger partial charge in [0.2, 0.25) is 0 Å². The molecule has 2 N–H and O–H groups in total. The molecule has 1 fully saturated rings. The predicted octanol–water partition coefficient (Wildman–Crippen LogP) is 2.70. The lowest BCUT2D eigenvalue weighted by atomic mass is 10.2. The van der Waals surface area contributed by atoms with Gasteiger partial charge in [0.1, 0.15) is 5.54 Å². The monoisotopic (exact) mass is 253 g/mol. The summed E-state index contributed by atoms with van der Waals surface area (Å²) in [5.74, 6) is -2.71. The Morgan fingerprint density at radius 1 is 1.58 bits per heavy atom. The van der Waals surface area contributed by atoms with Crippen LogP contribution in [0.5, 0.6) is 0 Å². The van der Waals surface area contributed by atoms with Gasteiger partial charge in [0.15, 0.2) is 0 Å². The van der Waals surface area contributed by atoms with Gasteiger partial charge >= 0.3 is 0 Å². The Kier molecular flexibility index (Phi) is 1.63. The summed E-state index contributed by atoms with van der Waals surface area (Å²) >= 11 is 4.47. The number of hydrogen-bond acceptors (Lipinski definition) is 2.